The van der Waals surface area contributed by atoms with E-state index >= 15 is 0 Å². The van der Waals surface area contributed by atoms with E-state index in [2.05, 4.69) is 4.52 Å². The molecule has 10 heteroatoms. The van der Waals surface area contributed by atoms with Crippen LogP contribution in [0.1, 0.15) is 0 Å². The standard InChI is InChI=1S/C6H12IO8P/c7-1-3(8)5(10)6(11)4(9)2-15-16(12,13)14/h3,5-6,8,10-11H,1-2H2,(H2,12,13,14)/t3-,5?,6?/m0/s1. The predicted octanol–water partition coefficient (Wildman–Crippen LogP) is -1.82. The molecule has 0 spiro atoms. The van der Waals surface area contributed by atoms with Gasteiger partial charge in [0.2, 0.25) is 0 Å². The molecule has 5 N–H and O–H groups in total. The number of hydrogen-bond donors (Lipinski definition) is 5. The number of rotatable bonds is 7. The molecule has 0 amide bonds. The molecule has 2 unspecified atom stereocenters. The Balaban J connectivity index is 4.23. The van der Waals surface area contributed by atoms with Crippen LogP contribution in [0.2, 0.25) is 0 Å². The highest BCUT2D eigenvalue weighted by Crippen LogP contribution is 2.35. The number of carbonyl (C=O) groups is 1. The van der Waals surface area contributed by atoms with Crippen LogP contribution in [0, 0.1) is 0 Å². The number of Topliss-reactive ketones (excluding diaryl/α,β-unsaturated/α-hetero) is 1. The third-order valence-electron chi connectivity index (χ3n) is 1.58. The Bertz CT molecular complexity index is 278. The summed E-state index contributed by atoms with van der Waals surface area (Å²) in [5.74, 6) is -1.13. The van der Waals surface area contributed by atoms with Crippen LogP contribution in [0.5, 0.6) is 0 Å². The van der Waals surface area contributed by atoms with E-state index in [-0.39, 0.29) is 4.43 Å². The van der Waals surface area contributed by atoms with E-state index in [1.807, 2.05) is 0 Å². The largest absolute Gasteiger partial charge is 0.470 e. The lowest BCUT2D eigenvalue weighted by Gasteiger charge is -2.20. The molecule has 0 radical (unpaired) electrons. The Morgan fingerprint density at radius 3 is 2.19 bits per heavy atom. The van der Waals surface area contributed by atoms with Crippen molar-refractivity contribution in [1.29, 1.82) is 0 Å². The predicted molar refractivity (Wildman–Crippen MR) is 59.9 cm³/mol. The zero-order chi connectivity index (χ0) is 12.9. The van der Waals surface area contributed by atoms with E-state index in [4.69, 9.17) is 14.9 Å². The van der Waals surface area contributed by atoms with Crippen LogP contribution in [-0.4, -0.2) is 60.2 Å². The van der Waals surface area contributed by atoms with E-state index in [0.29, 0.717) is 0 Å². The van der Waals surface area contributed by atoms with Crippen LogP contribution < -0.4 is 0 Å². The minimum Gasteiger partial charge on any atom is -0.390 e. The second kappa shape index (κ2) is 6.97. The number of aliphatic hydroxyl groups is 3. The van der Waals surface area contributed by atoms with Crippen LogP contribution in [0.25, 0.3) is 0 Å². The first-order chi connectivity index (χ1) is 7.19. The highest BCUT2D eigenvalue weighted by Gasteiger charge is 2.30. The van der Waals surface area contributed by atoms with E-state index in [0.717, 1.165) is 0 Å². The van der Waals surface area contributed by atoms with Gasteiger partial charge in [0, 0.05) is 4.43 Å². The van der Waals surface area contributed by atoms with Crippen molar-refractivity contribution in [3.05, 3.63) is 0 Å². The third-order valence-corrected chi connectivity index (χ3v) is 2.95. The Morgan fingerprint density at radius 2 is 1.81 bits per heavy atom. The van der Waals surface area contributed by atoms with Crippen LogP contribution in [-0.2, 0) is 13.9 Å². The molecule has 16 heavy (non-hydrogen) atoms. The van der Waals surface area contributed by atoms with Gasteiger partial charge in [-0.1, -0.05) is 22.6 Å². The van der Waals surface area contributed by atoms with Crippen molar-refractivity contribution in [3.8, 4) is 0 Å². The van der Waals surface area contributed by atoms with Gasteiger partial charge in [-0.15, -0.1) is 0 Å². The first kappa shape index (κ1) is 16.4. The van der Waals surface area contributed by atoms with Gasteiger partial charge in [0.1, 0.15) is 18.8 Å². The molecule has 8 nitrogen and oxygen atoms in total. The molecule has 0 aliphatic carbocycles. The number of ketones is 1. The minimum atomic E-state index is -4.80. The molecule has 3 atom stereocenters. The molecule has 0 heterocycles. The lowest BCUT2D eigenvalue weighted by atomic mass is 10.1. The van der Waals surface area contributed by atoms with Gasteiger partial charge in [-0.3, -0.25) is 9.32 Å². The molecule has 0 rings (SSSR count). The number of alkyl halides is 1. The van der Waals surface area contributed by atoms with Gasteiger partial charge in [0.15, 0.2) is 5.78 Å². The fourth-order valence-electron chi connectivity index (χ4n) is 0.725. The van der Waals surface area contributed by atoms with Gasteiger partial charge in [0.05, 0.1) is 6.10 Å². The fourth-order valence-corrected chi connectivity index (χ4v) is 1.54. The van der Waals surface area contributed by atoms with Crippen molar-refractivity contribution in [2.24, 2.45) is 0 Å². The molecule has 0 aliphatic rings. The third kappa shape index (κ3) is 6.21. The zero-order valence-corrected chi connectivity index (χ0v) is 11.0. The first-order valence-electron chi connectivity index (χ1n) is 4.02. The molecular formula is C6H12IO8P. The molecule has 0 aromatic carbocycles. The number of halogens is 1. The maximum atomic E-state index is 11.1. The van der Waals surface area contributed by atoms with Crippen LogP contribution in [0.4, 0.5) is 0 Å². The zero-order valence-electron chi connectivity index (χ0n) is 7.93. The molecule has 0 aromatic rings. The molecular weight excluding hydrogens is 358 g/mol. The quantitative estimate of drug-likeness (QED) is 0.200. The smallest absolute Gasteiger partial charge is 0.390 e. The van der Waals surface area contributed by atoms with Crippen molar-refractivity contribution in [1.82, 2.24) is 0 Å². The van der Waals surface area contributed by atoms with Gasteiger partial charge < -0.3 is 25.1 Å². The van der Waals surface area contributed by atoms with Crippen molar-refractivity contribution in [2.45, 2.75) is 18.3 Å². The molecule has 0 aliphatic heterocycles. The highest BCUT2D eigenvalue weighted by atomic mass is 127. The molecule has 0 fully saturated rings. The summed E-state index contributed by atoms with van der Waals surface area (Å²) in [6.45, 7) is -1.05. The summed E-state index contributed by atoms with van der Waals surface area (Å²) >= 11 is 1.73. The number of phosphoric ester groups is 1. The summed E-state index contributed by atoms with van der Waals surface area (Å²) in [7, 11) is -4.80. The van der Waals surface area contributed by atoms with Crippen LogP contribution in [0.15, 0.2) is 0 Å². The first-order valence-corrected chi connectivity index (χ1v) is 7.07. The number of hydrogen-bond acceptors (Lipinski definition) is 6. The summed E-state index contributed by atoms with van der Waals surface area (Å²) in [6, 6.07) is 0. The normalized spacial score (nSPS) is 17.9. The fraction of sp³-hybridized carbons (Fsp3) is 0.833. The lowest BCUT2D eigenvalue weighted by molar-refractivity contribution is -0.139. The number of carbonyl (C=O) groups excluding carboxylic acids is 1. The highest BCUT2D eigenvalue weighted by molar-refractivity contribution is 14.1. The summed E-state index contributed by atoms with van der Waals surface area (Å²) < 4.78 is 14.2. The Morgan fingerprint density at radius 1 is 1.31 bits per heavy atom. The summed E-state index contributed by atoms with van der Waals surface area (Å²) in [6.07, 6.45) is -4.98. The molecule has 96 valence electrons. The second-order valence-corrected chi connectivity index (χ2v) is 5.01. The maximum Gasteiger partial charge on any atom is 0.470 e. The average molecular weight is 370 g/mol. The van der Waals surface area contributed by atoms with Gasteiger partial charge in [-0.05, 0) is 0 Å². The molecule has 0 aromatic heterocycles. The van der Waals surface area contributed by atoms with Crippen LogP contribution in [0.3, 0.4) is 0 Å². The van der Waals surface area contributed by atoms with Gasteiger partial charge in [-0.2, -0.15) is 0 Å². The Kier molecular flexibility index (Phi) is 7.14. The van der Waals surface area contributed by atoms with Gasteiger partial charge >= 0.3 is 7.82 Å². The summed E-state index contributed by atoms with van der Waals surface area (Å²) in [5.41, 5.74) is 0. The monoisotopic (exact) mass is 370 g/mol. The van der Waals surface area contributed by atoms with Crippen molar-refractivity contribution >= 4 is 36.2 Å². The Hall–Kier alpha value is 0.390. The van der Waals surface area contributed by atoms with Crippen LogP contribution >= 0.6 is 30.4 Å². The number of phosphoric acid groups is 1. The number of aliphatic hydroxyl groups excluding tert-OH is 3. The maximum absolute atomic E-state index is 11.1. The minimum absolute atomic E-state index is 0.0859. The average Bonchev–Trinajstić information content (AvgIpc) is 2.21. The Labute approximate surface area is 105 Å². The van der Waals surface area contributed by atoms with Gasteiger partial charge in [-0.25, -0.2) is 4.57 Å². The molecule has 0 bridgehead atoms. The van der Waals surface area contributed by atoms with Crippen molar-refractivity contribution in [2.75, 3.05) is 11.0 Å². The second-order valence-electron chi connectivity index (χ2n) is 2.89. The molecule has 0 saturated heterocycles. The summed E-state index contributed by atoms with van der Waals surface area (Å²) in [5, 5.41) is 27.5. The lowest BCUT2D eigenvalue weighted by Crippen LogP contribution is -2.44. The van der Waals surface area contributed by atoms with Crippen molar-refractivity contribution in [3.63, 3.8) is 0 Å². The molecule has 0 saturated carbocycles. The van der Waals surface area contributed by atoms with E-state index in [1.54, 1.807) is 22.6 Å². The summed E-state index contributed by atoms with van der Waals surface area (Å²) in [4.78, 5) is 27.6. The van der Waals surface area contributed by atoms with Gasteiger partial charge in [0.25, 0.3) is 0 Å². The van der Waals surface area contributed by atoms with Crippen molar-refractivity contribution < 1.29 is 39.0 Å². The van der Waals surface area contributed by atoms with E-state index < -0.39 is 38.5 Å². The topological polar surface area (TPSA) is 145 Å². The van der Waals surface area contributed by atoms with E-state index in [9.17, 15) is 19.6 Å². The van der Waals surface area contributed by atoms with E-state index in [1.165, 1.54) is 0 Å². The SMILES string of the molecule is O=C(COP(=O)(O)O)C(O)C(O)[C@@H](O)CI.